The van der Waals surface area contributed by atoms with E-state index in [1.807, 2.05) is 12.1 Å². The van der Waals surface area contributed by atoms with Crippen LogP contribution in [0.3, 0.4) is 0 Å². The second-order valence-corrected chi connectivity index (χ2v) is 4.61. The molecule has 5 heteroatoms. The highest BCUT2D eigenvalue weighted by molar-refractivity contribution is 6.30. The van der Waals surface area contributed by atoms with Gasteiger partial charge in [0.05, 0.1) is 18.5 Å². The van der Waals surface area contributed by atoms with E-state index in [1.54, 1.807) is 31.2 Å². The van der Waals surface area contributed by atoms with E-state index in [0.29, 0.717) is 16.3 Å². The van der Waals surface area contributed by atoms with E-state index in [0.717, 1.165) is 5.69 Å². The first-order valence-corrected chi connectivity index (χ1v) is 6.37. The monoisotopic (exact) mass is 292 g/mol. The van der Waals surface area contributed by atoms with E-state index in [4.69, 9.17) is 16.3 Å². The molecule has 1 N–H and O–H groups in total. The number of benzene rings is 2. The Bertz CT molecular complexity index is 644. The highest BCUT2D eigenvalue weighted by atomic mass is 35.5. The van der Waals surface area contributed by atoms with Crippen LogP contribution in [0.2, 0.25) is 5.02 Å². The van der Waals surface area contributed by atoms with Gasteiger partial charge in [-0.05, 0) is 43.3 Å². The molecule has 2 aromatic rings. The second-order valence-electron chi connectivity index (χ2n) is 4.17. The lowest BCUT2D eigenvalue weighted by atomic mass is 10.1. The van der Waals surface area contributed by atoms with Crippen LogP contribution in [-0.4, -0.2) is 12.8 Å². The van der Waals surface area contributed by atoms with E-state index in [9.17, 15) is 4.39 Å². The standard InChI is InChI=1S/C15H14ClFN2O/c1-10(11-6-7-15(20-2)14(17)8-11)18-19-13-5-3-4-12(16)9-13/h3-9,19H,1-2H3/b18-10-. The van der Waals surface area contributed by atoms with Crippen LogP contribution in [0.1, 0.15) is 12.5 Å². The maximum atomic E-state index is 13.6. The van der Waals surface area contributed by atoms with Gasteiger partial charge in [0.25, 0.3) is 0 Å². The van der Waals surface area contributed by atoms with Crippen molar-refractivity contribution >= 4 is 23.0 Å². The summed E-state index contributed by atoms with van der Waals surface area (Å²) in [4.78, 5) is 0. The zero-order chi connectivity index (χ0) is 14.5. The van der Waals surface area contributed by atoms with Crippen molar-refractivity contribution in [1.82, 2.24) is 0 Å². The van der Waals surface area contributed by atoms with Crippen molar-refractivity contribution in [1.29, 1.82) is 0 Å². The molecule has 0 saturated heterocycles. The van der Waals surface area contributed by atoms with Crippen LogP contribution in [0.4, 0.5) is 10.1 Å². The number of rotatable bonds is 4. The van der Waals surface area contributed by atoms with Gasteiger partial charge in [-0.25, -0.2) is 4.39 Å². The molecule has 0 radical (unpaired) electrons. The van der Waals surface area contributed by atoms with Crippen LogP contribution in [0.15, 0.2) is 47.6 Å². The summed E-state index contributed by atoms with van der Waals surface area (Å²) in [7, 11) is 1.43. The molecule has 0 unspecified atom stereocenters. The molecule has 0 saturated carbocycles. The molecule has 0 amide bonds. The summed E-state index contributed by atoms with van der Waals surface area (Å²) in [6, 6.07) is 11.9. The Morgan fingerprint density at radius 3 is 2.70 bits per heavy atom. The zero-order valence-corrected chi connectivity index (χ0v) is 11.9. The van der Waals surface area contributed by atoms with Crippen molar-refractivity contribution in [3.05, 3.63) is 58.9 Å². The van der Waals surface area contributed by atoms with Gasteiger partial charge in [-0.2, -0.15) is 5.10 Å². The highest BCUT2D eigenvalue weighted by Crippen LogP contribution is 2.19. The first kappa shape index (κ1) is 14.3. The summed E-state index contributed by atoms with van der Waals surface area (Å²) in [5, 5.41) is 4.83. The van der Waals surface area contributed by atoms with Crippen LogP contribution in [0.25, 0.3) is 0 Å². The van der Waals surface area contributed by atoms with Gasteiger partial charge in [-0.3, -0.25) is 5.43 Å². The molecule has 20 heavy (non-hydrogen) atoms. The molecule has 0 heterocycles. The SMILES string of the molecule is COc1ccc(/C(C)=N\Nc2cccc(Cl)c2)cc1F. The molecular formula is C15H14ClFN2O. The molecule has 0 aromatic heterocycles. The summed E-state index contributed by atoms with van der Waals surface area (Å²) in [5.41, 5.74) is 4.99. The van der Waals surface area contributed by atoms with Gasteiger partial charge < -0.3 is 4.74 Å². The van der Waals surface area contributed by atoms with E-state index in [2.05, 4.69) is 10.5 Å². The minimum Gasteiger partial charge on any atom is -0.494 e. The van der Waals surface area contributed by atoms with E-state index in [-0.39, 0.29) is 5.75 Å². The molecule has 3 nitrogen and oxygen atoms in total. The van der Waals surface area contributed by atoms with Gasteiger partial charge >= 0.3 is 0 Å². The van der Waals surface area contributed by atoms with Crippen molar-refractivity contribution in [3.8, 4) is 5.75 Å². The molecule has 104 valence electrons. The van der Waals surface area contributed by atoms with Crippen molar-refractivity contribution in [2.24, 2.45) is 5.10 Å². The fourth-order valence-corrected chi connectivity index (χ4v) is 1.85. The third kappa shape index (κ3) is 3.48. The van der Waals surface area contributed by atoms with Gasteiger partial charge in [0, 0.05) is 10.6 Å². The molecule has 0 aliphatic heterocycles. The summed E-state index contributed by atoms with van der Waals surface area (Å²) >= 11 is 5.88. The van der Waals surface area contributed by atoms with Crippen LogP contribution < -0.4 is 10.2 Å². The van der Waals surface area contributed by atoms with Gasteiger partial charge in [0.15, 0.2) is 11.6 Å². The number of nitrogens with zero attached hydrogens (tertiary/aromatic N) is 1. The average Bonchev–Trinajstić information content (AvgIpc) is 2.44. The Balaban J connectivity index is 2.16. The summed E-state index contributed by atoms with van der Waals surface area (Å²) < 4.78 is 18.5. The lowest BCUT2D eigenvalue weighted by Gasteiger charge is -2.06. The fraction of sp³-hybridized carbons (Fsp3) is 0.133. The predicted octanol–water partition coefficient (Wildman–Crippen LogP) is 4.32. The maximum Gasteiger partial charge on any atom is 0.165 e. The minimum atomic E-state index is -0.415. The summed E-state index contributed by atoms with van der Waals surface area (Å²) in [6.45, 7) is 1.79. The van der Waals surface area contributed by atoms with E-state index >= 15 is 0 Å². The third-order valence-electron chi connectivity index (χ3n) is 2.75. The molecule has 0 bridgehead atoms. The largest absolute Gasteiger partial charge is 0.494 e. The van der Waals surface area contributed by atoms with Crippen LogP contribution in [-0.2, 0) is 0 Å². The summed E-state index contributed by atoms with van der Waals surface area (Å²) in [6.07, 6.45) is 0. The lowest BCUT2D eigenvalue weighted by Crippen LogP contribution is -2.01. The minimum absolute atomic E-state index is 0.212. The van der Waals surface area contributed by atoms with Crippen molar-refractivity contribution in [3.63, 3.8) is 0 Å². The molecule has 0 aliphatic carbocycles. The first-order chi connectivity index (χ1) is 9.60. The Kier molecular flexibility index (Phi) is 4.58. The van der Waals surface area contributed by atoms with Gasteiger partial charge in [-0.15, -0.1) is 0 Å². The Morgan fingerprint density at radius 2 is 2.05 bits per heavy atom. The number of halogens is 2. The van der Waals surface area contributed by atoms with Crippen LogP contribution in [0.5, 0.6) is 5.75 Å². The fourth-order valence-electron chi connectivity index (χ4n) is 1.66. The lowest BCUT2D eigenvalue weighted by molar-refractivity contribution is 0.386. The number of anilines is 1. The van der Waals surface area contributed by atoms with Gasteiger partial charge in [-0.1, -0.05) is 17.7 Å². The average molecular weight is 293 g/mol. The summed E-state index contributed by atoms with van der Waals surface area (Å²) in [5.74, 6) is -0.202. The maximum absolute atomic E-state index is 13.6. The number of ether oxygens (including phenoxy) is 1. The van der Waals surface area contributed by atoms with E-state index in [1.165, 1.54) is 13.2 Å². The highest BCUT2D eigenvalue weighted by Gasteiger charge is 2.05. The number of methoxy groups -OCH3 is 1. The Morgan fingerprint density at radius 1 is 1.25 bits per heavy atom. The molecule has 2 rings (SSSR count). The molecule has 0 aliphatic rings. The Hall–Kier alpha value is -2.07. The number of hydrogen-bond donors (Lipinski definition) is 1. The second kappa shape index (κ2) is 6.39. The van der Waals surface area contributed by atoms with Crippen molar-refractivity contribution in [2.75, 3.05) is 12.5 Å². The van der Waals surface area contributed by atoms with Gasteiger partial charge in [0.1, 0.15) is 0 Å². The third-order valence-corrected chi connectivity index (χ3v) is 2.98. The van der Waals surface area contributed by atoms with Crippen LogP contribution >= 0.6 is 11.6 Å². The van der Waals surface area contributed by atoms with E-state index < -0.39 is 5.82 Å². The number of hydrogen-bond acceptors (Lipinski definition) is 3. The topological polar surface area (TPSA) is 33.6 Å². The number of nitrogens with one attached hydrogen (secondary N) is 1. The van der Waals surface area contributed by atoms with Crippen LogP contribution in [0, 0.1) is 5.82 Å². The normalized spacial score (nSPS) is 11.3. The molecule has 0 atom stereocenters. The van der Waals surface area contributed by atoms with Crippen molar-refractivity contribution < 1.29 is 9.13 Å². The Labute approximate surface area is 122 Å². The molecule has 0 spiro atoms. The predicted molar refractivity (Wildman–Crippen MR) is 80.2 cm³/mol. The number of hydrazone groups is 1. The quantitative estimate of drug-likeness (QED) is 0.672. The molecular weight excluding hydrogens is 279 g/mol. The molecule has 0 fully saturated rings. The first-order valence-electron chi connectivity index (χ1n) is 6.00. The van der Waals surface area contributed by atoms with Crippen molar-refractivity contribution in [2.45, 2.75) is 6.92 Å². The molecule has 2 aromatic carbocycles. The smallest absolute Gasteiger partial charge is 0.165 e. The zero-order valence-electron chi connectivity index (χ0n) is 11.2. The van der Waals surface area contributed by atoms with Gasteiger partial charge in [0.2, 0.25) is 0 Å².